The lowest BCUT2D eigenvalue weighted by atomic mass is 9.64. The number of aliphatic hydroxyl groups is 1. The van der Waals surface area contributed by atoms with Gasteiger partial charge in [0.2, 0.25) is 0 Å². The molecule has 1 saturated heterocycles. The Hall–Kier alpha value is -2.11. The third-order valence-electron chi connectivity index (χ3n) is 6.26. The fraction of sp³-hybridized carbons (Fsp3) is 0.500. The Labute approximate surface area is 160 Å². The summed E-state index contributed by atoms with van der Waals surface area (Å²) in [6, 6.07) is 11.9. The van der Waals surface area contributed by atoms with Gasteiger partial charge >= 0.3 is 0 Å². The highest BCUT2D eigenvalue weighted by Gasteiger charge is 2.52. The second-order valence-corrected chi connectivity index (χ2v) is 7.71. The zero-order chi connectivity index (χ0) is 18.9. The third kappa shape index (κ3) is 3.19. The van der Waals surface area contributed by atoms with Crippen LogP contribution >= 0.6 is 0 Å². The Kier molecular flexibility index (Phi) is 5.06. The van der Waals surface area contributed by atoms with Crippen molar-refractivity contribution in [3.8, 4) is 11.5 Å². The normalized spacial score (nSPS) is 28.0. The number of fused-ring (bicyclic) bond motifs is 2. The van der Waals surface area contributed by atoms with Gasteiger partial charge in [-0.2, -0.15) is 0 Å². The van der Waals surface area contributed by atoms with E-state index in [1.165, 1.54) is 6.42 Å². The maximum atomic E-state index is 11.7. The number of nitrogens with zero attached hydrogens (tertiary/aromatic N) is 2. The van der Waals surface area contributed by atoms with Crippen LogP contribution in [0.4, 0.5) is 0 Å². The minimum atomic E-state index is -0.811. The van der Waals surface area contributed by atoms with Gasteiger partial charge < -0.3 is 14.6 Å². The number of benzene rings is 1. The lowest BCUT2D eigenvalue weighted by Crippen LogP contribution is -2.58. The molecule has 0 radical (unpaired) electrons. The molecule has 1 aromatic carbocycles. The predicted molar refractivity (Wildman–Crippen MR) is 104 cm³/mol. The van der Waals surface area contributed by atoms with E-state index in [4.69, 9.17) is 9.47 Å². The molecule has 2 atom stereocenters. The third-order valence-corrected chi connectivity index (χ3v) is 6.26. The molecule has 27 heavy (non-hydrogen) atoms. The van der Waals surface area contributed by atoms with Crippen molar-refractivity contribution < 1.29 is 14.6 Å². The number of hydrogen-bond donors (Lipinski definition) is 1. The van der Waals surface area contributed by atoms with Gasteiger partial charge in [-0.1, -0.05) is 24.6 Å². The van der Waals surface area contributed by atoms with E-state index in [-0.39, 0.29) is 11.8 Å². The maximum absolute atomic E-state index is 11.7. The first-order valence-corrected chi connectivity index (χ1v) is 9.73. The molecule has 5 nitrogen and oxygen atoms in total. The Bertz CT molecular complexity index is 766. The highest BCUT2D eigenvalue weighted by molar-refractivity contribution is 5.46. The highest BCUT2D eigenvalue weighted by Crippen LogP contribution is 2.49. The largest absolute Gasteiger partial charge is 0.493 e. The van der Waals surface area contributed by atoms with Gasteiger partial charge in [0.05, 0.1) is 19.9 Å². The second-order valence-electron chi connectivity index (χ2n) is 7.71. The fourth-order valence-corrected chi connectivity index (χ4v) is 5.01. The van der Waals surface area contributed by atoms with E-state index in [2.05, 4.69) is 16.0 Å². The van der Waals surface area contributed by atoms with Gasteiger partial charge in [-0.3, -0.25) is 9.88 Å². The lowest BCUT2D eigenvalue weighted by molar-refractivity contribution is -0.151. The number of aromatic nitrogens is 1. The van der Waals surface area contributed by atoms with Crippen molar-refractivity contribution >= 4 is 0 Å². The molecule has 2 fully saturated rings. The molecule has 5 heteroatoms. The molecule has 4 rings (SSSR count). The Morgan fingerprint density at radius 1 is 1.07 bits per heavy atom. The summed E-state index contributed by atoms with van der Waals surface area (Å²) in [5, 5.41) is 11.7. The monoisotopic (exact) mass is 368 g/mol. The molecule has 2 bridgehead atoms. The summed E-state index contributed by atoms with van der Waals surface area (Å²) in [7, 11) is 3.35. The van der Waals surface area contributed by atoms with E-state index in [9.17, 15) is 5.11 Å². The van der Waals surface area contributed by atoms with E-state index in [1.807, 2.05) is 30.3 Å². The van der Waals surface area contributed by atoms with Gasteiger partial charge in [0.15, 0.2) is 11.5 Å². The van der Waals surface area contributed by atoms with E-state index in [0.717, 1.165) is 55.2 Å². The van der Waals surface area contributed by atoms with Gasteiger partial charge in [-0.25, -0.2) is 0 Å². The number of hydrogen-bond acceptors (Lipinski definition) is 5. The zero-order valence-electron chi connectivity index (χ0n) is 16.1. The average molecular weight is 368 g/mol. The molecule has 2 heterocycles. The molecule has 1 aliphatic carbocycles. The zero-order valence-corrected chi connectivity index (χ0v) is 16.1. The summed E-state index contributed by atoms with van der Waals surface area (Å²) in [6.45, 7) is 2.53. The highest BCUT2D eigenvalue weighted by atomic mass is 16.5. The fourth-order valence-electron chi connectivity index (χ4n) is 5.01. The summed E-state index contributed by atoms with van der Waals surface area (Å²) in [6.07, 6.45) is 5.04. The van der Waals surface area contributed by atoms with Crippen molar-refractivity contribution in [2.24, 2.45) is 11.8 Å². The van der Waals surface area contributed by atoms with Crippen LogP contribution in [0.3, 0.4) is 0 Å². The van der Waals surface area contributed by atoms with Crippen molar-refractivity contribution in [2.45, 2.75) is 31.4 Å². The van der Waals surface area contributed by atoms with Crippen LogP contribution in [-0.2, 0) is 12.1 Å². The second kappa shape index (κ2) is 7.49. The minimum absolute atomic E-state index is 0.205. The molecule has 2 unspecified atom stereocenters. The van der Waals surface area contributed by atoms with E-state index in [0.29, 0.717) is 0 Å². The van der Waals surface area contributed by atoms with Crippen LogP contribution in [-0.4, -0.2) is 42.3 Å². The van der Waals surface area contributed by atoms with Crippen molar-refractivity contribution in [1.82, 2.24) is 9.88 Å². The van der Waals surface area contributed by atoms with Crippen LogP contribution in [0.1, 0.15) is 30.5 Å². The Morgan fingerprint density at radius 2 is 1.85 bits per heavy atom. The number of methoxy groups -OCH3 is 2. The Balaban J connectivity index is 1.58. The summed E-state index contributed by atoms with van der Waals surface area (Å²) >= 11 is 0. The van der Waals surface area contributed by atoms with Crippen molar-refractivity contribution in [2.75, 3.05) is 27.3 Å². The van der Waals surface area contributed by atoms with Crippen LogP contribution < -0.4 is 9.47 Å². The molecular formula is C22H28N2O3. The van der Waals surface area contributed by atoms with E-state index >= 15 is 0 Å². The SMILES string of the molecule is COc1cccc(CN2CC3CCCC(C2)C3(O)c2ccccn2)c1OC. The first-order chi connectivity index (χ1) is 13.2. The smallest absolute Gasteiger partial charge is 0.165 e. The van der Waals surface area contributed by atoms with Crippen molar-refractivity contribution in [3.63, 3.8) is 0 Å². The van der Waals surface area contributed by atoms with E-state index < -0.39 is 5.60 Å². The average Bonchev–Trinajstić information content (AvgIpc) is 2.69. The minimum Gasteiger partial charge on any atom is -0.493 e. The van der Waals surface area contributed by atoms with Crippen LogP contribution in [0.15, 0.2) is 42.6 Å². The summed E-state index contributed by atoms with van der Waals surface area (Å²) in [5.41, 5.74) is 1.14. The number of likely N-dealkylation sites (tertiary alicyclic amines) is 1. The first kappa shape index (κ1) is 18.3. The number of pyridine rings is 1. The van der Waals surface area contributed by atoms with Crippen LogP contribution in [0.25, 0.3) is 0 Å². The predicted octanol–water partition coefficient (Wildman–Crippen LogP) is 3.22. The molecule has 1 aromatic heterocycles. The standard InChI is InChI=1S/C22H28N2O3/c1-26-19-10-5-7-16(21(19)27-2)13-24-14-17-8-6-9-18(15-24)22(17,25)20-11-3-4-12-23-20/h3-5,7,10-12,17-18,25H,6,8-9,13-15H2,1-2H3. The number of ether oxygens (including phenoxy) is 2. The van der Waals surface area contributed by atoms with Crippen molar-refractivity contribution in [1.29, 1.82) is 0 Å². The first-order valence-electron chi connectivity index (χ1n) is 9.73. The molecule has 0 spiro atoms. The topological polar surface area (TPSA) is 54.8 Å². The van der Waals surface area contributed by atoms with Gasteiger partial charge in [-0.15, -0.1) is 0 Å². The lowest BCUT2D eigenvalue weighted by Gasteiger charge is -2.52. The maximum Gasteiger partial charge on any atom is 0.165 e. The molecule has 1 N–H and O–H groups in total. The van der Waals surface area contributed by atoms with Crippen LogP contribution in [0.2, 0.25) is 0 Å². The molecule has 2 aromatic rings. The summed E-state index contributed by atoms with van der Waals surface area (Å²) in [5.74, 6) is 1.97. The van der Waals surface area contributed by atoms with Crippen LogP contribution in [0.5, 0.6) is 11.5 Å². The van der Waals surface area contributed by atoms with Gasteiger partial charge in [-0.05, 0) is 31.0 Å². The van der Waals surface area contributed by atoms with E-state index in [1.54, 1.807) is 20.4 Å². The molecule has 1 saturated carbocycles. The molecule has 0 amide bonds. The molecular weight excluding hydrogens is 340 g/mol. The summed E-state index contributed by atoms with van der Waals surface area (Å²) in [4.78, 5) is 6.96. The van der Waals surface area contributed by atoms with Crippen LogP contribution in [0, 0.1) is 11.8 Å². The summed E-state index contributed by atoms with van der Waals surface area (Å²) < 4.78 is 11.0. The molecule has 144 valence electrons. The number of piperidine rings is 1. The molecule has 2 aliphatic rings. The Morgan fingerprint density at radius 3 is 2.48 bits per heavy atom. The van der Waals surface area contributed by atoms with Gasteiger partial charge in [0, 0.05) is 43.2 Å². The van der Waals surface area contributed by atoms with Gasteiger partial charge in [0.25, 0.3) is 0 Å². The van der Waals surface area contributed by atoms with Gasteiger partial charge in [0.1, 0.15) is 5.60 Å². The number of rotatable bonds is 5. The number of para-hydroxylation sites is 1. The van der Waals surface area contributed by atoms with Crippen molar-refractivity contribution in [3.05, 3.63) is 53.9 Å². The molecule has 1 aliphatic heterocycles. The quantitative estimate of drug-likeness (QED) is 0.878.